The summed E-state index contributed by atoms with van der Waals surface area (Å²) in [5.74, 6) is -0.0841. The molecule has 8 heteroatoms. The topological polar surface area (TPSA) is 79.8 Å². The van der Waals surface area contributed by atoms with Crippen LogP contribution in [0.4, 0.5) is 0 Å². The third kappa shape index (κ3) is 4.52. The number of ether oxygens (including phenoxy) is 2. The van der Waals surface area contributed by atoms with Gasteiger partial charge in [0, 0.05) is 21.7 Å². The number of methoxy groups -OCH3 is 1. The maximum absolute atomic E-state index is 12.8. The molecule has 0 aromatic heterocycles. The van der Waals surface area contributed by atoms with Crippen LogP contribution in [-0.2, 0) is 10.5 Å². The van der Waals surface area contributed by atoms with E-state index in [1.807, 2.05) is 31.2 Å². The van der Waals surface area contributed by atoms with Crippen LogP contribution in [-0.4, -0.2) is 24.8 Å². The predicted octanol–water partition coefficient (Wildman–Crippen LogP) is 5.31. The number of carboxylic acid groups (broad SMARTS) is 1. The molecule has 1 heterocycles. The fourth-order valence-electron chi connectivity index (χ4n) is 4.18. The third-order valence-electron chi connectivity index (χ3n) is 5.75. The monoisotopic (exact) mass is 486 g/mol. The molecule has 2 atom stereocenters. The van der Waals surface area contributed by atoms with E-state index in [-0.39, 0.29) is 12.1 Å². The summed E-state index contributed by atoms with van der Waals surface area (Å²) >= 11 is 12.2. The Morgan fingerprint density at radius 2 is 1.45 bits per heavy atom. The maximum atomic E-state index is 12.8. The molecule has 1 fully saturated rings. The van der Waals surface area contributed by atoms with Crippen LogP contribution in [0.25, 0.3) is 0 Å². The van der Waals surface area contributed by atoms with E-state index >= 15 is 0 Å². The van der Waals surface area contributed by atoms with Crippen LogP contribution in [0.3, 0.4) is 0 Å². The molecule has 0 aliphatic carbocycles. The molecule has 4 rings (SSSR count). The second kappa shape index (κ2) is 9.61. The van der Waals surface area contributed by atoms with Gasteiger partial charge in [-0.15, -0.1) is 0 Å². The van der Waals surface area contributed by atoms with Crippen LogP contribution >= 0.6 is 23.2 Å². The van der Waals surface area contributed by atoms with Crippen molar-refractivity contribution in [1.82, 2.24) is 10.6 Å². The number of hydrogen-bond acceptors (Lipinski definition) is 5. The molecule has 3 aromatic rings. The first-order chi connectivity index (χ1) is 15.9. The summed E-state index contributed by atoms with van der Waals surface area (Å²) in [5, 5.41) is 18.4. The van der Waals surface area contributed by atoms with Gasteiger partial charge in [0.1, 0.15) is 11.5 Å². The zero-order chi connectivity index (χ0) is 23.6. The van der Waals surface area contributed by atoms with Crippen molar-refractivity contribution in [2.45, 2.75) is 24.7 Å². The number of nitrogens with one attached hydrogen (secondary N) is 2. The van der Waals surface area contributed by atoms with Crippen LogP contribution in [0.1, 0.15) is 35.7 Å². The minimum atomic E-state index is -1.62. The van der Waals surface area contributed by atoms with Gasteiger partial charge in [-0.05, 0) is 54.4 Å². The molecule has 1 aliphatic rings. The molecule has 1 aliphatic heterocycles. The highest BCUT2D eigenvalue weighted by atomic mass is 35.5. The Morgan fingerprint density at radius 3 is 1.88 bits per heavy atom. The van der Waals surface area contributed by atoms with Crippen molar-refractivity contribution >= 4 is 29.2 Å². The standard InChI is InChI=1S/C25H24Cl2N2O4/c1-3-33-21-14-19(32-2)12-13-20(21)25(24(30)31)28-22(15-4-8-17(26)9-5-15)23(29-25)16-6-10-18(27)11-7-16/h4-14,22-23,28-29H,3H2,1-2H3,(H,30,31). The molecular weight excluding hydrogens is 463 g/mol. The lowest BCUT2D eigenvalue weighted by atomic mass is 9.95. The van der Waals surface area contributed by atoms with Crippen molar-refractivity contribution < 1.29 is 19.4 Å². The van der Waals surface area contributed by atoms with Crippen molar-refractivity contribution in [1.29, 1.82) is 0 Å². The average Bonchev–Trinajstić information content (AvgIpc) is 3.22. The minimum absolute atomic E-state index is 0.372. The lowest BCUT2D eigenvalue weighted by Crippen LogP contribution is -2.53. The number of aliphatic carboxylic acids is 1. The Labute approximate surface area is 202 Å². The SMILES string of the molecule is CCOc1cc(OC)ccc1C1(C(=O)O)NC(c2ccc(Cl)cc2)C(c2ccc(Cl)cc2)N1. The molecule has 0 bridgehead atoms. The molecule has 1 saturated heterocycles. The first-order valence-electron chi connectivity index (χ1n) is 10.5. The molecule has 6 nitrogen and oxygen atoms in total. The van der Waals surface area contributed by atoms with E-state index in [9.17, 15) is 9.90 Å². The average molecular weight is 487 g/mol. The quantitative estimate of drug-likeness (QED) is 0.419. The Bertz CT molecular complexity index is 1080. The number of rotatable bonds is 7. The summed E-state index contributed by atoms with van der Waals surface area (Å²) < 4.78 is 11.1. The van der Waals surface area contributed by atoms with Crippen LogP contribution in [0.5, 0.6) is 11.5 Å². The summed E-state index contributed by atoms with van der Waals surface area (Å²) in [6.45, 7) is 2.22. The van der Waals surface area contributed by atoms with Crippen LogP contribution in [0.15, 0.2) is 66.7 Å². The Hall–Kier alpha value is -2.77. The van der Waals surface area contributed by atoms with Crippen molar-refractivity contribution in [3.63, 3.8) is 0 Å². The summed E-state index contributed by atoms with van der Waals surface area (Å²) in [6.07, 6.45) is 0. The highest BCUT2D eigenvalue weighted by Gasteiger charge is 2.53. The molecule has 0 saturated carbocycles. The zero-order valence-electron chi connectivity index (χ0n) is 18.1. The van der Waals surface area contributed by atoms with Gasteiger partial charge >= 0.3 is 5.97 Å². The predicted molar refractivity (Wildman–Crippen MR) is 128 cm³/mol. The van der Waals surface area contributed by atoms with E-state index in [1.165, 1.54) is 0 Å². The Morgan fingerprint density at radius 1 is 0.939 bits per heavy atom. The highest BCUT2D eigenvalue weighted by molar-refractivity contribution is 6.30. The number of carboxylic acids is 1. The van der Waals surface area contributed by atoms with Crippen LogP contribution < -0.4 is 20.1 Å². The van der Waals surface area contributed by atoms with Gasteiger partial charge in [-0.1, -0.05) is 47.5 Å². The highest BCUT2D eigenvalue weighted by Crippen LogP contribution is 2.44. The van der Waals surface area contributed by atoms with E-state index in [2.05, 4.69) is 10.6 Å². The van der Waals surface area contributed by atoms with Crippen molar-refractivity contribution in [2.24, 2.45) is 0 Å². The molecule has 0 radical (unpaired) electrons. The Balaban J connectivity index is 1.86. The van der Waals surface area contributed by atoms with E-state index < -0.39 is 11.6 Å². The van der Waals surface area contributed by atoms with Gasteiger partial charge in [0.2, 0.25) is 0 Å². The second-order valence-corrected chi connectivity index (χ2v) is 8.57. The van der Waals surface area contributed by atoms with Gasteiger partial charge in [0.15, 0.2) is 5.66 Å². The third-order valence-corrected chi connectivity index (χ3v) is 6.25. The first kappa shape index (κ1) is 23.4. The first-order valence-corrected chi connectivity index (χ1v) is 11.2. The van der Waals surface area contributed by atoms with E-state index in [0.29, 0.717) is 33.7 Å². The summed E-state index contributed by atoms with van der Waals surface area (Å²) in [6, 6.07) is 19.1. The summed E-state index contributed by atoms with van der Waals surface area (Å²) in [5.41, 5.74) is 0.613. The van der Waals surface area contributed by atoms with Gasteiger partial charge in [0.05, 0.1) is 25.8 Å². The lowest BCUT2D eigenvalue weighted by Gasteiger charge is -2.28. The second-order valence-electron chi connectivity index (χ2n) is 7.70. The number of hydrogen-bond donors (Lipinski definition) is 3. The van der Waals surface area contributed by atoms with Crippen LogP contribution in [0, 0.1) is 0 Å². The molecule has 0 amide bonds. The van der Waals surface area contributed by atoms with E-state index in [0.717, 1.165) is 11.1 Å². The summed E-state index contributed by atoms with van der Waals surface area (Å²) in [7, 11) is 1.55. The molecule has 0 spiro atoms. The molecule has 172 valence electrons. The van der Waals surface area contributed by atoms with Crippen molar-refractivity contribution in [3.8, 4) is 11.5 Å². The number of benzene rings is 3. The van der Waals surface area contributed by atoms with Crippen molar-refractivity contribution in [2.75, 3.05) is 13.7 Å². The van der Waals surface area contributed by atoms with Gasteiger partial charge in [-0.2, -0.15) is 0 Å². The Kier molecular flexibility index (Phi) is 6.81. The molecule has 3 N–H and O–H groups in total. The molecule has 2 unspecified atom stereocenters. The number of carbonyl (C=O) groups is 1. The van der Waals surface area contributed by atoms with Gasteiger partial charge < -0.3 is 14.6 Å². The normalized spacial score (nSPS) is 22.2. The summed E-state index contributed by atoms with van der Waals surface area (Å²) in [4.78, 5) is 12.8. The zero-order valence-corrected chi connectivity index (χ0v) is 19.7. The molecule has 3 aromatic carbocycles. The largest absolute Gasteiger partial charge is 0.497 e. The fraction of sp³-hybridized carbons (Fsp3) is 0.240. The van der Waals surface area contributed by atoms with Gasteiger partial charge in [-0.3, -0.25) is 10.6 Å². The molecule has 33 heavy (non-hydrogen) atoms. The van der Waals surface area contributed by atoms with Gasteiger partial charge in [0.25, 0.3) is 0 Å². The van der Waals surface area contributed by atoms with E-state index in [4.69, 9.17) is 32.7 Å². The molecular formula is C25H24Cl2N2O4. The van der Waals surface area contributed by atoms with Crippen molar-refractivity contribution in [3.05, 3.63) is 93.5 Å². The smallest absolute Gasteiger partial charge is 0.344 e. The number of halogens is 2. The maximum Gasteiger partial charge on any atom is 0.344 e. The fourth-order valence-corrected chi connectivity index (χ4v) is 4.43. The van der Waals surface area contributed by atoms with Crippen LogP contribution in [0.2, 0.25) is 10.0 Å². The lowest BCUT2D eigenvalue weighted by molar-refractivity contribution is -0.146. The van der Waals surface area contributed by atoms with E-state index in [1.54, 1.807) is 49.6 Å². The minimum Gasteiger partial charge on any atom is -0.497 e. The van der Waals surface area contributed by atoms with Gasteiger partial charge in [-0.25, -0.2) is 4.79 Å².